The molecule has 0 aliphatic rings. The summed E-state index contributed by atoms with van der Waals surface area (Å²) in [4.78, 5) is 12.6. The monoisotopic (exact) mass is 468 g/mol. The van der Waals surface area contributed by atoms with Gasteiger partial charge in [-0.2, -0.15) is 5.10 Å². The van der Waals surface area contributed by atoms with Crippen molar-refractivity contribution in [3.05, 3.63) is 83.3 Å². The van der Waals surface area contributed by atoms with Crippen molar-refractivity contribution in [2.24, 2.45) is 0 Å². The highest BCUT2D eigenvalue weighted by Gasteiger charge is 2.23. The molecule has 9 heteroatoms. The fourth-order valence-corrected chi connectivity index (χ4v) is 3.55. The lowest BCUT2D eigenvalue weighted by Crippen LogP contribution is -2.22. The molecule has 4 rings (SSSR count). The fraction of sp³-hybridized carbons (Fsp3) is 0.200. The molecule has 0 saturated heterocycles. The second-order valence-corrected chi connectivity index (χ2v) is 8.86. The van der Waals surface area contributed by atoms with E-state index in [1.54, 1.807) is 12.1 Å². The Morgan fingerprint density at radius 2 is 1.74 bits per heavy atom. The largest absolute Gasteiger partial charge is 0.392 e. The van der Waals surface area contributed by atoms with Gasteiger partial charge in [-0.25, -0.2) is 22.6 Å². The van der Waals surface area contributed by atoms with Crippen molar-refractivity contribution in [3.63, 3.8) is 0 Å². The quantitative estimate of drug-likeness (QED) is 0.328. The van der Waals surface area contributed by atoms with Crippen molar-refractivity contribution >= 4 is 28.3 Å². The first kappa shape index (κ1) is 23.3. The van der Waals surface area contributed by atoms with Gasteiger partial charge in [0.05, 0.1) is 23.7 Å². The summed E-state index contributed by atoms with van der Waals surface area (Å²) in [6, 6.07) is 13.6. The van der Waals surface area contributed by atoms with Gasteiger partial charge in [0.15, 0.2) is 17.5 Å². The number of fused-ring (bicyclic) bond motifs is 1. The maximum absolute atomic E-state index is 14.0. The van der Waals surface area contributed by atoms with Gasteiger partial charge in [0.2, 0.25) is 0 Å². The number of hydrogen-bond acceptors (Lipinski definition) is 3. The zero-order valence-corrected chi connectivity index (χ0v) is 18.8. The minimum Gasteiger partial charge on any atom is -0.392 e. The van der Waals surface area contributed by atoms with E-state index in [0.29, 0.717) is 16.9 Å². The number of anilines is 2. The summed E-state index contributed by atoms with van der Waals surface area (Å²) in [5.74, 6) is -4.26. The molecule has 1 aromatic heterocycles. The lowest BCUT2D eigenvalue weighted by atomic mass is 9.92. The van der Waals surface area contributed by atoms with Crippen LogP contribution in [-0.2, 0) is 12.0 Å². The van der Waals surface area contributed by atoms with Crippen LogP contribution >= 0.6 is 0 Å². The maximum Gasteiger partial charge on any atom is 0.324 e. The average molecular weight is 468 g/mol. The third-order valence-electron chi connectivity index (χ3n) is 5.35. The van der Waals surface area contributed by atoms with Crippen LogP contribution in [0.5, 0.6) is 0 Å². The predicted octanol–water partition coefficient (Wildman–Crippen LogP) is 5.88. The lowest BCUT2D eigenvalue weighted by molar-refractivity contribution is 0.262. The van der Waals surface area contributed by atoms with Crippen LogP contribution in [0.1, 0.15) is 32.0 Å². The number of nitrogens with one attached hydrogen (secondary N) is 2. The summed E-state index contributed by atoms with van der Waals surface area (Å²) in [6.45, 7) is 5.68. The summed E-state index contributed by atoms with van der Waals surface area (Å²) >= 11 is 0. The Kier molecular flexibility index (Phi) is 6.05. The van der Waals surface area contributed by atoms with Crippen molar-refractivity contribution in [2.75, 3.05) is 10.6 Å². The lowest BCUT2D eigenvalue weighted by Gasteiger charge is -2.14. The zero-order valence-electron chi connectivity index (χ0n) is 18.8. The van der Waals surface area contributed by atoms with Gasteiger partial charge < -0.3 is 10.4 Å². The van der Waals surface area contributed by atoms with Crippen molar-refractivity contribution < 1.29 is 23.1 Å². The molecule has 0 fully saturated rings. The first-order valence-corrected chi connectivity index (χ1v) is 10.5. The fourth-order valence-electron chi connectivity index (χ4n) is 3.55. The van der Waals surface area contributed by atoms with Crippen LogP contribution in [0.3, 0.4) is 0 Å². The van der Waals surface area contributed by atoms with Crippen molar-refractivity contribution in [3.8, 4) is 5.69 Å². The Morgan fingerprint density at radius 3 is 2.44 bits per heavy atom. The molecule has 34 heavy (non-hydrogen) atoms. The van der Waals surface area contributed by atoms with Crippen molar-refractivity contribution in [1.29, 1.82) is 0 Å². The van der Waals surface area contributed by atoms with Crippen molar-refractivity contribution in [1.82, 2.24) is 9.78 Å². The smallest absolute Gasteiger partial charge is 0.324 e. The van der Waals surface area contributed by atoms with Gasteiger partial charge >= 0.3 is 6.03 Å². The second kappa shape index (κ2) is 8.83. The van der Waals surface area contributed by atoms with Crippen LogP contribution in [0.15, 0.2) is 54.6 Å². The molecule has 0 bridgehead atoms. The van der Waals surface area contributed by atoms with E-state index in [0.717, 1.165) is 22.9 Å². The summed E-state index contributed by atoms with van der Waals surface area (Å²) in [5.41, 5.74) is 1.07. The molecular weight excluding hydrogens is 445 g/mol. The number of aliphatic hydroxyl groups is 1. The van der Waals surface area contributed by atoms with Crippen molar-refractivity contribution in [2.45, 2.75) is 32.8 Å². The van der Waals surface area contributed by atoms with E-state index in [1.165, 1.54) is 4.68 Å². The minimum atomic E-state index is -1.68. The van der Waals surface area contributed by atoms with Gasteiger partial charge in [-0.05, 0) is 40.6 Å². The van der Waals surface area contributed by atoms with Crippen LogP contribution in [0.2, 0.25) is 0 Å². The number of nitrogens with zero attached hydrogens (tertiary/aromatic N) is 2. The highest BCUT2D eigenvalue weighted by molar-refractivity contribution is 5.99. The van der Waals surface area contributed by atoms with E-state index in [4.69, 9.17) is 0 Å². The van der Waals surface area contributed by atoms with Crippen LogP contribution < -0.4 is 10.6 Å². The zero-order chi connectivity index (χ0) is 24.6. The van der Waals surface area contributed by atoms with E-state index < -0.39 is 29.2 Å². The second-order valence-electron chi connectivity index (χ2n) is 8.86. The molecule has 3 aromatic carbocycles. The standard InChI is InChI=1S/C25H23F3N4O2/c1-25(2,3)20-12-21(30-24(34)29-19-9-8-18(26)22(27)23(19)28)32(31-20)16-10-14-6-4-5-7-17(14)15(11-16)13-33/h4-12,33H,13H2,1-3H3,(H2,29,30,34). The van der Waals surface area contributed by atoms with E-state index in [2.05, 4.69) is 15.7 Å². The van der Waals surface area contributed by atoms with E-state index in [-0.39, 0.29) is 17.8 Å². The Morgan fingerprint density at radius 1 is 1.00 bits per heavy atom. The van der Waals surface area contributed by atoms with Gasteiger partial charge in [0.25, 0.3) is 0 Å². The number of carbonyl (C=O) groups is 1. The first-order valence-electron chi connectivity index (χ1n) is 10.5. The van der Waals surface area contributed by atoms with Gasteiger partial charge in [-0.3, -0.25) is 5.32 Å². The molecule has 0 atom stereocenters. The van der Waals surface area contributed by atoms with Crippen LogP contribution in [0, 0.1) is 17.5 Å². The number of halogens is 3. The Balaban J connectivity index is 1.74. The van der Waals surface area contributed by atoms with Crippen LogP contribution in [-0.4, -0.2) is 20.9 Å². The van der Waals surface area contributed by atoms with Gasteiger partial charge in [-0.15, -0.1) is 0 Å². The maximum atomic E-state index is 14.0. The van der Waals surface area contributed by atoms with E-state index >= 15 is 0 Å². The third-order valence-corrected chi connectivity index (χ3v) is 5.35. The number of amides is 2. The van der Waals surface area contributed by atoms with Crippen LogP contribution in [0.4, 0.5) is 29.5 Å². The number of urea groups is 1. The van der Waals surface area contributed by atoms with E-state index in [9.17, 15) is 23.1 Å². The van der Waals surface area contributed by atoms with Gasteiger partial charge in [0.1, 0.15) is 5.82 Å². The molecule has 0 aliphatic heterocycles. The molecule has 1 heterocycles. The number of aliphatic hydroxyl groups excluding tert-OH is 1. The summed E-state index contributed by atoms with van der Waals surface area (Å²) in [7, 11) is 0. The Labute approximate surface area is 194 Å². The topological polar surface area (TPSA) is 79.2 Å². The number of benzene rings is 3. The predicted molar refractivity (Wildman–Crippen MR) is 125 cm³/mol. The van der Waals surface area contributed by atoms with Gasteiger partial charge in [-0.1, -0.05) is 45.0 Å². The highest BCUT2D eigenvalue weighted by atomic mass is 19.2. The summed E-state index contributed by atoms with van der Waals surface area (Å²) in [5, 5.41) is 21.1. The molecule has 176 valence electrons. The Bertz CT molecular complexity index is 1390. The van der Waals surface area contributed by atoms with Crippen LogP contribution in [0.25, 0.3) is 16.5 Å². The molecule has 4 aromatic rings. The summed E-state index contributed by atoms with van der Waals surface area (Å²) in [6.07, 6.45) is 0. The Hall–Kier alpha value is -3.85. The molecule has 3 N–H and O–H groups in total. The van der Waals surface area contributed by atoms with Gasteiger partial charge in [0, 0.05) is 11.5 Å². The molecular formula is C25H23F3N4O2. The molecule has 6 nitrogen and oxygen atoms in total. The number of aromatic nitrogens is 2. The average Bonchev–Trinajstić information content (AvgIpc) is 3.23. The number of hydrogen-bond donors (Lipinski definition) is 3. The SMILES string of the molecule is CC(C)(C)c1cc(NC(=O)Nc2ccc(F)c(F)c2F)n(-c2cc(CO)c3ccccc3c2)n1. The minimum absolute atomic E-state index is 0.194. The van der Waals surface area contributed by atoms with E-state index in [1.807, 2.05) is 51.1 Å². The summed E-state index contributed by atoms with van der Waals surface area (Å²) < 4.78 is 42.2. The number of rotatable bonds is 4. The molecule has 0 aliphatic carbocycles. The first-order chi connectivity index (χ1) is 16.1. The molecule has 0 radical (unpaired) electrons. The molecule has 0 saturated carbocycles. The molecule has 0 spiro atoms. The normalized spacial score (nSPS) is 11.6. The third kappa shape index (κ3) is 4.47. The number of carbonyl (C=O) groups excluding carboxylic acids is 1. The molecule has 0 unspecified atom stereocenters. The highest BCUT2D eigenvalue weighted by Crippen LogP contribution is 2.29. The molecule has 2 amide bonds.